The number of para-hydroxylation sites is 2. The molecule has 0 radical (unpaired) electrons. The van der Waals surface area contributed by atoms with Crippen molar-refractivity contribution in [3.8, 4) is 5.69 Å². The predicted octanol–water partition coefficient (Wildman–Crippen LogP) is 3.40. The van der Waals surface area contributed by atoms with Crippen LogP contribution in [0, 0.1) is 0 Å². The van der Waals surface area contributed by atoms with Crippen LogP contribution in [0.2, 0.25) is 0 Å². The third kappa shape index (κ3) is 2.93. The lowest BCUT2D eigenvalue weighted by atomic mass is 10.1. The van der Waals surface area contributed by atoms with Gasteiger partial charge in [-0.25, -0.2) is 13.1 Å². The fraction of sp³-hybridized carbons (Fsp3) is 0.211. The maximum absolute atomic E-state index is 13.2. The van der Waals surface area contributed by atoms with E-state index < -0.39 is 10.0 Å². The van der Waals surface area contributed by atoms with E-state index in [1.165, 1.54) is 10.5 Å². The van der Waals surface area contributed by atoms with Crippen LogP contribution in [-0.2, 0) is 16.4 Å². The van der Waals surface area contributed by atoms with Crippen LogP contribution in [0.3, 0.4) is 0 Å². The zero-order valence-electron chi connectivity index (χ0n) is 13.7. The molecule has 25 heavy (non-hydrogen) atoms. The number of nitrogens with zero attached hydrogens (tertiary/aromatic N) is 3. The molecule has 0 spiro atoms. The summed E-state index contributed by atoms with van der Waals surface area (Å²) in [5.41, 5.74) is 2.70. The van der Waals surface area contributed by atoms with Gasteiger partial charge in [-0.15, -0.1) is 0 Å². The number of hydrogen-bond donors (Lipinski definition) is 0. The number of hydrogen-bond acceptors (Lipinski definition) is 3. The number of sulfonamides is 1. The molecule has 6 heteroatoms. The van der Waals surface area contributed by atoms with Crippen molar-refractivity contribution in [1.29, 1.82) is 0 Å². The van der Waals surface area contributed by atoms with Crippen molar-refractivity contribution in [3.05, 3.63) is 72.6 Å². The van der Waals surface area contributed by atoms with Gasteiger partial charge in [0.1, 0.15) is 4.90 Å². The zero-order valence-corrected chi connectivity index (χ0v) is 14.6. The first-order valence-electron chi connectivity index (χ1n) is 8.37. The first-order valence-corrected chi connectivity index (χ1v) is 9.81. The molecule has 3 aromatic rings. The molecule has 2 heterocycles. The second kappa shape index (κ2) is 6.37. The first kappa shape index (κ1) is 15.9. The monoisotopic (exact) mass is 353 g/mol. The molecular weight excluding hydrogens is 334 g/mol. The molecule has 0 fully saturated rings. The molecule has 0 aliphatic carbocycles. The molecule has 0 unspecified atom stereocenters. The summed E-state index contributed by atoms with van der Waals surface area (Å²) in [6.45, 7) is 0.496. The summed E-state index contributed by atoms with van der Waals surface area (Å²) in [6, 6.07) is 17.2. The van der Waals surface area contributed by atoms with Gasteiger partial charge in [0.2, 0.25) is 0 Å². The average molecular weight is 353 g/mol. The van der Waals surface area contributed by atoms with Crippen molar-refractivity contribution in [3.63, 3.8) is 0 Å². The second-order valence-corrected chi connectivity index (χ2v) is 7.98. The first-order chi connectivity index (χ1) is 12.2. The molecule has 1 aromatic heterocycles. The number of aromatic nitrogens is 2. The van der Waals surface area contributed by atoms with Gasteiger partial charge in [0.05, 0.1) is 23.8 Å². The van der Waals surface area contributed by atoms with E-state index in [2.05, 4.69) is 5.10 Å². The van der Waals surface area contributed by atoms with Gasteiger partial charge in [-0.2, -0.15) is 5.10 Å². The van der Waals surface area contributed by atoms with Crippen molar-refractivity contribution in [2.24, 2.45) is 0 Å². The van der Waals surface area contributed by atoms with Gasteiger partial charge in [-0.1, -0.05) is 36.4 Å². The molecule has 0 atom stereocenters. The van der Waals surface area contributed by atoms with E-state index >= 15 is 0 Å². The lowest BCUT2D eigenvalue weighted by molar-refractivity contribution is 0.589. The van der Waals surface area contributed by atoms with Crippen LogP contribution in [0.5, 0.6) is 0 Å². The molecule has 1 aliphatic rings. The lowest BCUT2D eigenvalue weighted by Crippen LogP contribution is -2.31. The summed E-state index contributed by atoms with van der Waals surface area (Å²) in [4.78, 5) is 0.216. The fourth-order valence-corrected chi connectivity index (χ4v) is 4.67. The number of rotatable bonds is 3. The number of benzene rings is 2. The molecule has 5 nitrogen and oxygen atoms in total. The summed E-state index contributed by atoms with van der Waals surface area (Å²) in [5.74, 6) is 0. The largest absolute Gasteiger partial charge is 0.267 e. The van der Waals surface area contributed by atoms with Crippen LogP contribution >= 0.6 is 0 Å². The van der Waals surface area contributed by atoms with Crippen molar-refractivity contribution >= 4 is 15.7 Å². The second-order valence-electron chi connectivity index (χ2n) is 6.12. The highest BCUT2D eigenvalue weighted by molar-refractivity contribution is 7.92. The van der Waals surface area contributed by atoms with Crippen LogP contribution in [-0.4, -0.2) is 24.7 Å². The van der Waals surface area contributed by atoms with Crippen LogP contribution in [0.1, 0.15) is 18.4 Å². The zero-order chi connectivity index (χ0) is 17.3. The van der Waals surface area contributed by atoms with Gasteiger partial charge >= 0.3 is 0 Å². The molecular formula is C19H19N3O2S. The summed E-state index contributed by atoms with van der Waals surface area (Å²) in [7, 11) is -3.64. The minimum absolute atomic E-state index is 0.216. The highest BCUT2D eigenvalue weighted by Gasteiger charge is 2.29. The Morgan fingerprint density at radius 3 is 2.52 bits per heavy atom. The van der Waals surface area contributed by atoms with Crippen LogP contribution < -0.4 is 4.31 Å². The predicted molar refractivity (Wildman–Crippen MR) is 97.5 cm³/mol. The van der Waals surface area contributed by atoms with Crippen molar-refractivity contribution < 1.29 is 8.42 Å². The molecule has 0 saturated heterocycles. The number of fused-ring (bicyclic) bond motifs is 1. The summed E-state index contributed by atoms with van der Waals surface area (Å²) < 4.78 is 29.6. The Balaban J connectivity index is 1.74. The van der Waals surface area contributed by atoms with Gasteiger partial charge in [0, 0.05) is 6.54 Å². The fourth-order valence-electron chi connectivity index (χ4n) is 3.20. The Hall–Kier alpha value is -2.60. The molecule has 128 valence electrons. The number of anilines is 1. The molecule has 2 aromatic carbocycles. The van der Waals surface area contributed by atoms with Crippen molar-refractivity contribution in [1.82, 2.24) is 9.78 Å². The smallest absolute Gasteiger partial charge is 0.266 e. The van der Waals surface area contributed by atoms with E-state index in [4.69, 9.17) is 0 Å². The van der Waals surface area contributed by atoms with E-state index in [0.717, 1.165) is 36.2 Å². The Bertz CT molecular complexity index is 981. The third-order valence-electron chi connectivity index (χ3n) is 4.49. The molecule has 0 saturated carbocycles. The summed E-state index contributed by atoms with van der Waals surface area (Å²) in [6.07, 6.45) is 5.76. The highest BCUT2D eigenvalue weighted by Crippen LogP contribution is 2.31. The van der Waals surface area contributed by atoms with Gasteiger partial charge in [0.15, 0.2) is 0 Å². The third-order valence-corrected chi connectivity index (χ3v) is 6.25. The molecule has 1 aliphatic heterocycles. The van der Waals surface area contributed by atoms with E-state index in [9.17, 15) is 8.42 Å². The minimum Gasteiger partial charge on any atom is -0.266 e. The lowest BCUT2D eigenvalue weighted by Gasteiger charge is -2.23. The minimum atomic E-state index is -3.64. The Labute approximate surface area is 147 Å². The number of aryl methyl sites for hydroxylation is 1. The van der Waals surface area contributed by atoms with Crippen LogP contribution in [0.25, 0.3) is 5.69 Å². The maximum atomic E-state index is 13.2. The van der Waals surface area contributed by atoms with E-state index in [-0.39, 0.29) is 4.90 Å². The average Bonchev–Trinajstić information content (AvgIpc) is 3.04. The van der Waals surface area contributed by atoms with Gasteiger partial charge in [0.25, 0.3) is 10.0 Å². The van der Waals surface area contributed by atoms with E-state index in [0.29, 0.717) is 6.54 Å². The Kier molecular flexibility index (Phi) is 4.05. The van der Waals surface area contributed by atoms with Crippen LogP contribution in [0.4, 0.5) is 5.69 Å². The van der Waals surface area contributed by atoms with Gasteiger partial charge in [-0.05, 0) is 43.0 Å². The maximum Gasteiger partial charge on any atom is 0.267 e. The highest BCUT2D eigenvalue weighted by atomic mass is 32.2. The van der Waals surface area contributed by atoms with Gasteiger partial charge in [-0.3, -0.25) is 4.31 Å². The van der Waals surface area contributed by atoms with Gasteiger partial charge < -0.3 is 0 Å². The quantitative estimate of drug-likeness (QED) is 0.725. The van der Waals surface area contributed by atoms with E-state index in [1.54, 1.807) is 10.9 Å². The molecule has 4 rings (SSSR count). The van der Waals surface area contributed by atoms with Crippen LogP contribution in [0.15, 0.2) is 71.9 Å². The Morgan fingerprint density at radius 1 is 0.920 bits per heavy atom. The SMILES string of the molecule is O=S(=O)(c1cnn(-c2ccccc2)c1)N1CCCCc2ccccc21. The van der Waals surface area contributed by atoms with Crippen molar-refractivity contribution in [2.45, 2.75) is 24.2 Å². The topological polar surface area (TPSA) is 55.2 Å². The Morgan fingerprint density at radius 2 is 1.68 bits per heavy atom. The molecule has 0 amide bonds. The van der Waals surface area contributed by atoms with E-state index in [1.807, 2.05) is 54.6 Å². The van der Waals surface area contributed by atoms with Crippen molar-refractivity contribution in [2.75, 3.05) is 10.8 Å². The molecule has 0 N–H and O–H groups in total. The summed E-state index contributed by atoms with van der Waals surface area (Å²) in [5, 5.41) is 4.24. The molecule has 0 bridgehead atoms. The normalized spacial score (nSPS) is 14.8. The standard InChI is InChI=1S/C19H19N3O2S/c23-25(24,18-14-20-21(15-18)17-10-2-1-3-11-17)22-13-7-6-9-16-8-4-5-12-19(16)22/h1-5,8,10-12,14-15H,6-7,9,13H2. The summed E-state index contributed by atoms with van der Waals surface area (Å²) >= 11 is 0.